The van der Waals surface area contributed by atoms with Gasteiger partial charge >= 0.3 is 0 Å². The summed E-state index contributed by atoms with van der Waals surface area (Å²) in [6.07, 6.45) is 1.06. The predicted octanol–water partition coefficient (Wildman–Crippen LogP) is 0.0113. The van der Waals surface area contributed by atoms with Crippen LogP contribution in [0.3, 0.4) is 0 Å². The van der Waals surface area contributed by atoms with Crippen LogP contribution in [0.1, 0.15) is 23.8 Å². The molecule has 1 aliphatic rings. The van der Waals surface area contributed by atoms with Gasteiger partial charge in [0.25, 0.3) is 5.91 Å². The zero-order valence-electron chi connectivity index (χ0n) is 10.8. The van der Waals surface area contributed by atoms with E-state index < -0.39 is 0 Å². The topological polar surface area (TPSA) is 84.1 Å². The van der Waals surface area contributed by atoms with Gasteiger partial charge in [0.05, 0.1) is 0 Å². The molecule has 2 heterocycles. The van der Waals surface area contributed by atoms with E-state index in [-0.39, 0.29) is 11.3 Å². The van der Waals surface area contributed by atoms with E-state index in [2.05, 4.69) is 27.3 Å². The highest BCUT2D eigenvalue weighted by Crippen LogP contribution is 2.30. The number of amides is 1. The third kappa shape index (κ3) is 2.43. The van der Waals surface area contributed by atoms with Gasteiger partial charge in [-0.2, -0.15) is 0 Å². The average Bonchev–Trinajstić information content (AvgIpc) is 2.81. The Morgan fingerprint density at radius 2 is 2.33 bits per heavy atom. The molecule has 0 bridgehead atoms. The molecule has 1 unspecified atom stereocenters. The van der Waals surface area contributed by atoms with Gasteiger partial charge in [-0.05, 0) is 30.5 Å². The Kier molecular flexibility index (Phi) is 3.47. The van der Waals surface area contributed by atoms with Crippen LogP contribution in [0.5, 0.6) is 0 Å². The smallest absolute Gasteiger partial charge is 0.271 e. The number of carbonyl (C=O) groups is 1. The molecule has 0 saturated carbocycles. The van der Waals surface area contributed by atoms with Crippen molar-refractivity contribution >= 4 is 11.7 Å². The molecule has 1 aromatic heterocycles. The fourth-order valence-corrected chi connectivity index (χ4v) is 2.13. The Balaban J connectivity index is 2.09. The average molecular weight is 249 g/mol. The highest BCUT2D eigenvalue weighted by atomic mass is 16.1. The summed E-state index contributed by atoms with van der Waals surface area (Å²) >= 11 is 0. The molecule has 2 rings (SSSR count). The summed E-state index contributed by atoms with van der Waals surface area (Å²) in [5, 5.41) is 10.6. The molecule has 0 aliphatic carbocycles. The van der Waals surface area contributed by atoms with Crippen LogP contribution >= 0.6 is 0 Å². The van der Waals surface area contributed by atoms with Crippen LogP contribution in [0.4, 0.5) is 5.82 Å². The third-order valence-corrected chi connectivity index (χ3v) is 3.48. The number of nitrogens with two attached hydrogens (primary N) is 1. The standard InChI is InChI=1S/C12H19N5O/c1-12(7-13)5-6-17(8-12)10-4-3-9(15-16-10)11(18)14-2/h3-4H,5-8,13H2,1-2H3,(H,14,18). The summed E-state index contributed by atoms with van der Waals surface area (Å²) < 4.78 is 0. The van der Waals surface area contributed by atoms with Gasteiger partial charge in [0, 0.05) is 20.1 Å². The van der Waals surface area contributed by atoms with Gasteiger partial charge in [-0.1, -0.05) is 6.92 Å². The van der Waals surface area contributed by atoms with Crippen LogP contribution < -0.4 is 16.0 Å². The van der Waals surface area contributed by atoms with Crippen LogP contribution in [-0.4, -0.2) is 42.8 Å². The lowest BCUT2D eigenvalue weighted by Gasteiger charge is -2.22. The monoisotopic (exact) mass is 249 g/mol. The van der Waals surface area contributed by atoms with Crippen molar-refractivity contribution in [2.75, 3.05) is 31.6 Å². The fourth-order valence-electron chi connectivity index (χ4n) is 2.13. The second kappa shape index (κ2) is 4.89. The summed E-state index contributed by atoms with van der Waals surface area (Å²) in [4.78, 5) is 13.5. The summed E-state index contributed by atoms with van der Waals surface area (Å²) in [5.74, 6) is 0.585. The molecule has 18 heavy (non-hydrogen) atoms. The van der Waals surface area contributed by atoms with Gasteiger partial charge in [-0.15, -0.1) is 10.2 Å². The van der Waals surface area contributed by atoms with E-state index in [9.17, 15) is 4.79 Å². The molecular formula is C12H19N5O. The van der Waals surface area contributed by atoms with Crippen LogP contribution in [0.15, 0.2) is 12.1 Å². The number of nitrogens with one attached hydrogen (secondary N) is 1. The molecule has 6 heteroatoms. The van der Waals surface area contributed by atoms with E-state index in [1.165, 1.54) is 0 Å². The largest absolute Gasteiger partial charge is 0.355 e. The van der Waals surface area contributed by atoms with Crippen molar-refractivity contribution in [2.45, 2.75) is 13.3 Å². The van der Waals surface area contributed by atoms with Gasteiger partial charge in [-0.3, -0.25) is 4.79 Å². The maximum Gasteiger partial charge on any atom is 0.271 e. The molecule has 3 N–H and O–H groups in total. The molecule has 1 amide bonds. The highest BCUT2D eigenvalue weighted by Gasteiger charge is 2.33. The lowest BCUT2D eigenvalue weighted by Crippen LogP contribution is -2.31. The number of aromatic nitrogens is 2. The quantitative estimate of drug-likeness (QED) is 0.788. The minimum atomic E-state index is -0.220. The van der Waals surface area contributed by atoms with E-state index in [1.54, 1.807) is 13.1 Å². The maximum absolute atomic E-state index is 11.4. The normalized spacial score (nSPS) is 23.2. The van der Waals surface area contributed by atoms with Gasteiger partial charge in [0.15, 0.2) is 11.5 Å². The maximum atomic E-state index is 11.4. The van der Waals surface area contributed by atoms with Gasteiger partial charge in [-0.25, -0.2) is 0 Å². The molecule has 1 fully saturated rings. The van der Waals surface area contributed by atoms with Crippen LogP contribution in [0.2, 0.25) is 0 Å². The van der Waals surface area contributed by atoms with Crippen LogP contribution in [0.25, 0.3) is 0 Å². The summed E-state index contributed by atoms with van der Waals surface area (Å²) in [7, 11) is 1.57. The molecule has 0 spiro atoms. The Morgan fingerprint density at radius 1 is 1.56 bits per heavy atom. The minimum absolute atomic E-state index is 0.154. The third-order valence-electron chi connectivity index (χ3n) is 3.48. The van der Waals surface area contributed by atoms with Crippen molar-refractivity contribution in [1.29, 1.82) is 0 Å². The second-order valence-electron chi connectivity index (χ2n) is 5.04. The van der Waals surface area contributed by atoms with E-state index >= 15 is 0 Å². The Morgan fingerprint density at radius 3 is 2.83 bits per heavy atom. The SMILES string of the molecule is CNC(=O)c1ccc(N2CCC(C)(CN)C2)nn1. The van der Waals surface area contributed by atoms with Crippen molar-refractivity contribution in [3.8, 4) is 0 Å². The Labute approximate surface area is 107 Å². The first-order valence-electron chi connectivity index (χ1n) is 6.09. The summed E-state index contributed by atoms with van der Waals surface area (Å²) in [5.41, 5.74) is 6.26. The van der Waals surface area contributed by atoms with E-state index in [4.69, 9.17) is 5.73 Å². The Bertz CT molecular complexity index is 433. The predicted molar refractivity (Wildman–Crippen MR) is 69.4 cm³/mol. The first-order chi connectivity index (χ1) is 8.58. The molecule has 98 valence electrons. The lowest BCUT2D eigenvalue weighted by molar-refractivity contribution is 0.0957. The molecule has 0 aromatic carbocycles. The van der Waals surface area contributed by atoms with Crippen molar-refractivity contribution in [1.82, 2.24) is 15.5 Å². The molecule has 1 aromatic rings. The van der Waals surface area contributed by atoms with Gasteiger partial charge in [0.2, 0.25) is 0 Å². The zero-order chi connectivity index (χ0) is 13.2. The number of nitrogens with zero attached hydrogens (tertiary/aromatic N) is 3. The van der Waals surface area contributed by atoms with Crippen molar-refractivity contribution in [3.63, 3.8) is 0 Å². The van der Waals surface area contributed by atoms with Crippen molar-refractivity contribution in [2.24, 2.45) is 11.1 Å². The number of hydrogen-bond acceptors (Lipinski definition) is 5. The molecule has 1 aliphatic heterocycles. The highest BCUT2D eigenvalue weighted by molar-refractivity contribution is 5.91. The van der Waals surface area contributed by atoms with Gasteiger partial charge < -0.3 is 16.0 Å². The van der Waals surface area contributed by atoms with Gasteiger partial charge in [0.1, 0.15) is 0 Å². The van der Waals surface area contributed by atoms with Crippen LogP contribution in [-0.2, 0) is 0 Å². The second-order valence-corrected chi connectivity index (χ2v) is 5.04. The molecule has 0 radical (unpaired) electrons. The Hall–Kier alpha value is -1.69. The van der Waals surface area contributed by atoms with Crippen molar-refractivity contribution in [3.05, 3.63) is 17.8 Å². The fraction of sp³-hybridized carbons (Fsp3) is 0.583. The van der Waals surface area contributed by atoms with Crippen molar-refractivity contribution < 1.29 is 4.79 Å². The number of rotatable bonds is 3. The molecular weight excluding hydrogens is 230 g/mol. The zero-order valence-corrected chi connectivity index (χ0v) is 10.8. The molecule has 1 atom stereocenters. The first-order valence-corrected chi connectivity index (χ1v) is 6.09. The number of carbonyl (C=O) groups excluding carboxylic acids is 1. The molecule has 1 saturated heterocycles. The minimum Gasteiger partial charge on any atom is -0.355 e. The number of anilines is 1. The van der Waals surface area contributed by atoms with E-state index in [0.29, 0.717) is 12.2 Å². The summed E-state index contributed by atoms with van der Waals surface area (Å²) in [6.45, 7) is 4.67. The van der Waals surface area contributed by atoms with Crippen LogP contribution in [0, 0.1) is 5.41 Å². The summed E-state index contributed by atoms with van der Waals surface area (Å²) in [6, 6.07) is 3.53. The van der Waals surface area contributed by atoms with E-state index in [1.807, 2.05) is 6.07 Å². The number of hydrogen-bond donors (Lipinski definition) is 2. The first kappa shape index (κ1) is 12.8. The molecule has 6 nitrogen and oxygen atoms in total. The van der Waals surface area contributed by atoms with E-state index in [0.717, 1.165) is 25.3 Å². The lowest BCUT2D eigenvalue weighted by atomic mass is 9.90.